The van der Waals surface area contributed by atoms with Crippen molar-refractivity contribution < 1.29 is 28.3 Å². The monoisotopic (exact) mass is 359 g/mol. The molecule has 8 heteroatoms. The molecule has 0 atom stereocenters. The number of hydrogen-bond acceptors (Lipinski definition) is 7. The lowest BCUT2D eigenvalue weighted by Crippen LogP contribution is -2.17. The number of imide groups is 1. The zero-order chi connectivity index (χ0) is 17.8. The van der Waals surface area contributed by atoms with Gasteiger partial charge in [-0.15, -0.1) is 0 Å². The number of rotatable bonds is 5. The van der Waals surface area contributed by atoms with Crippen LogP contribution < -0.4 is 14.8 Å². The summed E-state index contributed by atoms with van der Waals surface area (Å²) in [5.74, 6) is -0.447. The van der Waals surface area contributed by atoms with Crippen LogP contribution in [-0.2, 0) is 4.79 Å². The SMILES string of the molecule is CCOc1cc(C=C2SC(=O)NC2=O)ccc1OC(=O)c1ccco1. The molecule has 2 aromatic rings. The molecule has 1 aliphatic heterocycles. The average molecular weight is 359 g/mol. The highest BCUT2D eigenvalue weighted by molar-refractivity contribution is 8.18. The molecule has 3 rings (SSSR count). The molecule has 0 saturated carbocycles. The number of nitrogens with one attached hydrogen (secondary N) is 1. The van der Waals surface area contributed by atoms with Crippen LogP contribution in [0.1, 0.15) is 23.0 Å². The number of esters is 1. The first-order valence-electron chi connectivity index (χ1n) is 7.34. The predicted octanol–water partition coefficient (Wildman–Crippen LogP) is 3.22. The molecular weight excluding hydrogens is 346 g/mol. The summed E-state index contributed by atoms with van der Waals surface area (Å²) in [5, 5.41) is 1.77. The van der Waals surface area contributed by atoms with E-state index in [1.54, 1.807) is 37.3 Å². The zero-order valence-corrected chi connectivity index (χ0v) is 13.9. The van der Waals surface area contributed by atoms with E-state index in [2.05, 4.69) is 5.32 Å². The number of amides is 2. The van der Waals surface area contributed by atoms with Crippen molar-refractivity contribution in [3.8, 4) is 11.5 Å². The van der Waals surface area contributed by atoms with E-state index in [4.69, 9.17) is 13.9 Å². The first-order valence-corrected chi connectivity index (χ1v) is 8.16. The average Bonchev–Trinajstić information content (AvgIpc) is 3.20. The van der Waals surface area contributed by atoms with E-state index in [0.717, 1.165) is 11.8 Å². The molecule has 1 N–H and O–H groups in total. The maximum absolute atomic E-state index is 12.0. The van der Waals surface area contributed by atoms with Gasteiger partial charge in [-0.2, -0.15) is 0 Å². The van der Waals surface area contributed by atoms with E-state index in [0.29, 0.717) is 17.9 Å². The van der Waals surface area contributed by atoms with Crippen LogP contribution in [0.3, 0.4) is 0 Å². The van der Waals surface area contributed by atoms with Crippen molar-refractivity contribution in [3.63, 3.8) is 0 Å². The summed E-state index contributed by atoms with van der Waals surface area (Å²) >= 11 is 0.824. The molecule has 1 aromatic heterocycles. The van der Waals surface area contributed by atoms with Gasteiger partial charge in [0, 0.05) is 0 Å². The molecule has 0 aliphatic carbocycles. The van der Waals surface area contributed by atoms with Crippen molar-refractivity contribution in [2.75, 3.05) is 6.61 Å². The Balaban J connectivity index is 1.85. The van der Waals surface area contributed by atoms with Gasteiger partial charge in [0.05, 0.1) is 17.8 Å². The Labute approximate surface area is 147 Å². The zero-order valence-electron chi connectivity index (χ0n) is 13.1. The summed E-state index contributed by atoms with van der Waals surface area (Å²) in [6.07, 6.45) is 2.94. The fourth-order valence-electron chi connectivity index (χ4n) is 2.08. The van der Waals surface area contributed by atoms with Gasteiger partial charge in [-0.1, -0.05) is 6.07 Å². The van der Waals surface area contributed by atoms with Gasteiger partial charge < -0.3 is 13.9 Å². The molecule has 2 amide bonds. The number of hydrogen-bond donors (Lipinski definition) is 1. The van der Waals surface area contributed by atoms with Crippen LogP contribution in [0.15, 0.2) is 45.9 Å². The van der Waals surface area contributed by atoms with Crippen molar-refractivity contribution in [2.24, 2.45) is 0 Å². The Morgan fingerprint density at radius 1 is 1.28 bits per heavy atom. The summed E-state index contributed by atoms with van der Waals surface area (Å²) in [7, 11) is 0. The standard InChI is InChI=1S/C17H13NO6S/c1-2-22-13-8-10(9-14-15(19)18-17(21)25-14)5-6-11(13)24-16(20)12-4-3-7-23-12/h3-9H,2H2,1H3,(H,18,19,21). The molecule has 128 valence electrons. The Morgan fingerprint density at radius 2 is 2.12 bits per heavy atom. The van der Waals surface area contributed by atoms with Crippen molar-refractivity contribution >= 4 is 35.0 Å². The van der Waals surface area contributed by atoms with Gasteiger partial charge in [0.2, 0.25) is 5.76 Å². The molecule has 7 nitrogen and oxygen atoms in total. The molecule has 1 aliphatic rings. The third-order valence-corrected chi connectivity index (χ3v) is 3.94. The van der Waals surface area contributed by atoms with Crippen LogP contribution in [0.5, 0.6) is 11.5 Å². The van der Waals surface area contributed by atoms with Crippen LogP contribution in [0.2, 0.25) is 0 Å². The van der Waals surface area contributed by atoms with Crippen molar-refractivity contribution in [1.82, 2.24) is 5.32 Å². The van der Waals surface area contributed by atoms with Crippen molar-refractivity contribution in [2.45, 2.75) is 6.92 Å². The molecule has 1 fully saturated rings. The van der Waals surface area contributed by atoms with E-state index in [1.807, 2.05) is 0 Å². The highest BCUT2D eigenvalue weighted by Gasteiger charge is 2.25. The van der Waals surface area contributed by atoms with Crippen LogP contribution in [0.4, 0.5) is 4.79 Å². The number of carbonyl (C=O) groups excluding carboxylic acids is 3. The second-order valence-electron chi connectivity index (χ2n) is 4.86. The minimum absolute atomic E-state index is 0.0752. The van der Waals surface area contributed by atoms with Crippen LogP contribution in [-0.4, -0.2) is 23.7 Å². The van der Waals surface area contributed by atoms with E-state index >= 15 is 0 Å². The van der Waals surface area contributed by atoms with E-state index in [9.17, 15) is 14.4 Å². The Bertz CT molecular complexity index is 856. The molecule has 25 heavy (non-hydrogen) atoms. The quantitative estimate of drug-likeness (QED) is 0.497. The van der Waals surface area contributed by atoms with E-state index < -0.39 is 17.1 Å². The summed E-state index contributed by atoms with van der Waals surface area (Å²) in [5.41, 5.74) is 0.633. The number of thioether (sulfide) groups is 1. The lowest BCUT2D eigenvalue weighted by atomic mass is 10.2. The highest BCUT2D eigenvalue weighted by Crippen LogP contribution is 2.32. The number of benzene rings is 1. The second kappa shape index (κ2) is 7.27. The molecule has 1 aromatic carbocycles. The minimum atomic E-state index is -0.645. The Kier molecular flexibility index (Phi) is 4.90. The molecule has 0 unspecified atom stereocenters. The smallest absolute Gasteiger partial charge is 0.379 e. The Morgan fingerprint density at radius 3 is 2.76 bits per heavy atom. The van der Waals surface area contributed by atoms with Gasteiger partial charge in [-0.05, 0) is 54.6 Å². The van der Waals surface area contributed by atoms with Gasteiger partial charge in [0.25, 0.3) is 11.1 Å². The molecule has 0 bridgehead atoms. The summed E-state index contributed by atoms with van der Waals surface area (Å²) in [4.78, 5) is 35.1. The number of carbonyl (C=O) groups is 3. The maximum Gasteiger partial charge on any atom is 0.379 e. The topological polar surface area (TPSA) is 94.8 Å². The first-order chi connectivity index (χ1) is 12.1. The van der Waals surface area contributed by atoms with Gasteiger partial charge in [0.15, 0.2) is 11.5 Å². The fraction of sp³-hybridized carbons (Fsp3) is 0.118. The third kappa shape index (κ3) is 3.92. The highest BCUT2D eigenvalue weighted by atomic mass is 32.2. The molecule has 0 spiro atoms. The van der Waals surface area contributed by atoms with Gasteiger partial charge in [-0.3, -0.25) is 14.9 Å². The van der Waals surface area contributed by atoms with Gasteiger partial charge in [-0.25, -0.2) is 4.79 Å². The number of ether oxygens (including phenoxy) is 2. The fourth-order valence-corrected chi connectivity index (χ4v) is 2.77. The molecule has 1 saturated heterocycles. The van der Waals surface area contributed by atoms with Gasteiger partial charge in [0.1, 0.15) is 0 Å². The third-order valence-electron chi connectivity index (χ3n) is 3.13. The lowest BCUT2D eigenvalue weighted by molar-refractivity contribution is -0.115. The van der Waals surface area contributed by atoms with E-state index in [1.165, 1.54) is 12.3 Å². The molecular formula is C17H13NO6S. The largest absolute Gasteiger partial charge is 0.490 e. The predicted molar refractivity (Wildman–Crippen MR) is 90.4 cm³/mol. The van der Waals surface area contributed by atoms with Crippen molar-refractivity contribution in [1.29, 1.82) is 0 Å². The molecule has 0 radical (unpaired) electrons. The van der Waals surface area contributed by atoms with Gasteiger partial charge >= 0.3 is 5.97 Å². The first kappa shape index (κ1) is 16.8. The number of furan rings is 1. The van der Waals surface area contributed by atoms with Crippen LogP contribution in [0.25, 0.3) is 6.08 Å². The summed E-state index contributed by atoms with van der Waals surface area (Å²) in [6.45, 7) is 2.15. The molecule has 2 heterocycles. The summed E-state index contributed by atoms with van der Waals surface area (Å²) in [6, 6.07) is 7.90. The lowest BCUT2D eigenvalue weighted by Gasteiger charge is -2.10. The summed E-state index contributed by atoms with van der Waals surface area (Å²) < 4.78 is 15.8. The van der Waals surface area contributed by atoms with Crippen LogP contribution >= 0.6 is 11.8 Å². The maximum atomic E-state index is 12.0. The van der Waals surface area contributed by atoms with Crippen LogP contribution in [0, 0.1) is 0 Å². The van der Waals surface area contributed by atoms with E-state index in [-0.39, 0.29) is 16.4 Å². The minimum Gasteiger partial charge on any atom is -0.490 e. The second-order valence-corrected chi connectivity index (χ2v) is 5.87. The van der Waals surface area contributed by atoms with Crippen molar-refractivity contribution in [3.05, 3.63) is 52.8 Å². The Hall–Kier alpha value is -3.00. The normalized spacial score (nSPS) is 15.3.